The van der Waals surface area contributed by atoms with E-state index in [9.17, 15) is 4.79 Å². The second-order valence-corrected chi connectivity index (χ2v) is 3.36. The lowest BCUT2D eigenvalue weighted by atomic mass is 10.1. The Kier molecular flexibility index (Phi) is 2.59. The monoisotopic (exact) mass is 212 g/mol. The van der Waals surface area contributed by atoms with Crippen LogP contribution in [0.15, 0.2) is 12.1 Å². The van der Waals surface area contributed by atoms with Crippen LogP contribution >= 0.6 is 11.6 Å². The maximum atomic E-state index is 10.2. The fourth-order valence-electron chi connectivity index (χ4n) is 1.39. The number of hydrogen-bond donors (Lipinski definition) is 0. The molecule has 0 aliphatic carbocycles. The van der Waals surface area contributed by atoms with Gasteiger partial charge in [-0.15, -0.1) is 0 Å². The molecule has 3 nitrogen and oxygen atoms in total. The van der Waals surface area contributed by atoms with E-state index in [0.29, 0.717) is 29.4 Å². The molecule has 74 valence electrons. The van der Waals surface area contributed by atoms with Crippen LogP contribution in [0.2, 0.25) is 5.02 Å². The zero-order chi connectivity index (χ0) is 9.97. The van der Waals surface area contributed by atoms with Crippen LogP contribution < -0.4 is 9.47 Å². The van der Waals surface area contributed by atoms with Gasteiger partial charge in [0, 0.05) is 6.42 Å². The van der Waals surface area contributed by atoms with Crippen molar-refractivity contribution >= 4 is 17.9 Å². The molecule has 1 aromatic rings. The first-order valence-corrected chi connectivity index (χ1v) is 4.71. The summed E-state index contributed by atoms with van der Waals surface area (Å²) in [7, 11) is 0. The first-order chi connectivity index (χ1) is 6.83. The quantitative estimate of drug-likeness (QED) is 0.721. The second-order valence-electron chi connectivity index (χ2n) is 2.98. The lowest BCUT2D eigenvalue weighted by molar-refractivity contribution is -0.107. The Hall–Kier alpha value is -1.22. The van der Waals surface area contributed by atoms with Gasteiger partial charge in [-0.1, -0.05) is 17.7 Å². The molecular formula is C10H9ClO3. The highest BCUT2D eigenvalue weighted by molar-refractivity contribution is 6.33. The summed E-state index contributed by atoms with van der Waals surface area (Å²) >= 11 is 6.07. The lowest BCUT2D eigenvalue weighted by Crippen LogP contribution is -1.93. The van der Waals surface area contributed by atoms with E-state index in [0.717, 1.165) is 11.8 Å². The summed E-state index contributed by atoms with van der Waals surface area (Å²) in [6.45, 7) is 0.214. The molecule has 1 aliphatic heterocycles. The fourth-order valence-corrected chi connectivity index (χ4v) is 1.69. The summed E-state index contributed by atoms with van der Waals surface area (Å²) in [5.74, 6) is 1.26. The Morgan fingerprint density at radius 1 is 1.43 bits per heavy atom. The number of aldehydes is 1. The molecule has 0 aromatic heterocycles. The minimum atomic E-state index is 0.214. The lowest BCUT2D eigenvalue weighted by Gasteiger charge is -2.04. The molecule has 0 spiro atoms. The van der Waals surface area contributed by atoms with E-state index in [-0.39, 0.29) is 6.79 Å². The normalized spacial score (nSPS) is 12.9. The summed E-state index contributed by atoms with van der Waals surface area (Å²) in [4.78, 5) is 10.2. The Morgan fingerprint density at radius 2 is 2.29 bits per heavy atom. The molecule has 1 aliphatic rings. The van der Waals surface area contributed by atoms with Crippen LogP contribution in [0.25, 0.3) is 0 Å². The van der Waals surface area contributed by atoms with Crippen molar-refractivity contribution in [3.05, 3.63) is 22.7 Å². The van der Waals surface area contributed by atoms with Crippen molar-refractivity contribution < 1.29 is 14.3 Å². The number of rotatable bonds is 3. The van der Waals surface area contributed by atoms with Crippen LogP contribution in [0.5, 0.6) is 11.5 Å². The van der Waals surface area contributed by atoms with Gasteiger partial charge in [0.2, 0.25) is 6.79 Å². The second kappa shape index (κ2) is 3.88. The summed E-state index contributed by atoms with van der Waals surface area (Å²) < 4.78 is 10.4. The van der Waals surface area contributed by atoms with Crippen molar-refractivity contribution in [3.63, 3.8) is 0 Å². The summed E-state index contributed by atoms with van der Waals surface area (Å²) in [5.41, 5.74) is 0.919. The maximum Gasteiger partial charge on any atom is 0.231 e. The van der Waals surface area contributed by atoms with E-state index in [1.807, 2.05) is 12.1 Å². The number of hydrogen-bond acceptors (Lipinski definition) is 3. The first kappa shape index (κ1) is 9.34. The van der Waals surface area contributed by atoms with Crippen LogP contribution in [0.3, 0.4) is 0 Å². The Labute approximate surface area is 86.6 Å². The predicted molar refractivity (Wildman–Crippen MR) is 52.0 cm³/mol. The van der Waals surface area contributed by atoms with Crippen molar-refractivity contribution in [2.45, 2.75) is 12.8 Å². The average molecular weight is 213 g/mol. The molecule has 0 atom stereocenters. The minimum absolute atomic E-state index is 0.214. The Morgan fingerprint density at radius 3 is 3.07 bits per heavy atom. The maximum absolute atomic E-state index is 10.2. The van der Waals surface area contributed by atoms with E-state index < -0.39 is 0 Å². The van der Waals surface area contributed by atoms with Gasteiger partial charge in [-0.2, -0.15) is 0 Å². The number of carbonyl (C=O) groups is 1. The third-order valence-corrected chi connectivity index (χ3v) is 2.50. The van der Waals surface area contributed by atoms with E-state index in [1.165, 1.54) is 0 Å². The highest BCUT2D eigenvalue weighted by atomic mass is 35.5. The number of benzene rings is 1. The van der Waals surface area contributed by atoms with Crippen LogP contribution in [-0.4, -0.2) is 13.1 Å². The van der Waals surface area contributed by atoms with Gasteiger partial charge in [0.25, 0.3) is 0 Å². The number of carbonyl (C=O) groups excluding carboxylic acids is 1. The third-order valence-electron chi connectivity index (χ3n) is 2.09. The van der Waals surface area contributed by atoms with Crippen molar-refractivity contribution in [1.82, 2.24) is 0 Å². The zero-order valence-electron chi connectivity index (χ0n) is 7.46. The van der Waals surface area contributed by atoms with Crippen LogP contribution in [0.4, 0.5) is 0 Å². The van der Waals surface area contributed by atoms with Gasteiger partial charge in [0.15, 0.2) is 11.5 Å². The molecular weight excluding hydrogens is 204 g/mol. The summed E-state index contributed by atoms with van der Waals surface area (Å²) in [6.07, 6.45) is 1.99. The molecule has 1 heterocycles. The minimum Gasteiger partial charge on any atom is -0.454 e. The van der Waals surface area contributed by atoms with E-state index in [4.69, 9.17) is 21.1 Å². The highest BCUT2D eigenvalue weighted by Gasteiger charge is 2.18. The number of aryl methyl sites for hydroxylation is 1. The molecule has 2 rings (SSSR count). The molecule has 1 aromatic carbocycles. The van der Waals surface area contributed by atoms with Gasteiger partial charge in [-0.3, -0.25) is 0 Å². The van der Waals surface area contributed by atoms with Crippen molar-refractivity contribution in [2.75, 3.05) is 6.79 Å². The van der Waals surface area contributed by atoms with Crippen molar-refractivity contribution in [1.29, 1.82) is 0 Å². The predicted octanol–water partition coefficient (Wildman–Crippen LogP) is 2.20. The van der Waals surface area contributed by atoms with Gasteiger partial charge >= 0.3 is 0 Å². The summed E-state index contributed by atoms with van der Waals surface area (Å²) in [6, 6.07) is 3.67. The third kappa shape index (κ3) is 1.55. The van der Waals surface area contributed by atoms with E-state index >= 15 is 0 Å². The van der Waals surface area contributed by atoms with Gasteiger partial charge in [-0.05, 0) is 18.1 Å². The van der Waals surface area contributed by atoms with Gasteiger partial charge in [0.05, 0.1) is 5.02 Å². The topological polar surface area (TPSA) is 35.5 Å². The standard InChI is InChI=1S/C10H9ClO3/c11-9-7(2-1-5-12)3-4-8-10(9)14-6-13-8/h3-5H,1-2,6H2. The van der Waals surface area contributed by atoms with Gasteiger partial charge < -0.3 is 14.3 Å². The zero-order valence-corrected chi connectivity index (χ0v) is 8.21. The number of ether oxygens (including phenoxy) is 2. The smallest absolute Gasteiger partial charge is 0.231 e. The molecule has 14 heavy (non-hydrogen) atoms. The highest BCUT2D eigenvalue weighted by Crippen LogP contribution is 2.40. The first-order valence-electron chi connectivity index (χ1n) is 4.33. The van der Waals surface area contributed by atoms with Crippen molar-refractivity contribution in [2.24, 2.45) is 0 Å². The SMILES string of the molecule is O=CCCc1ccc2c(c1Cl)OCO2. The molecule has 0 amide bonds. The molecule has 0 saturated heterocycles. The van der Waals surface area contributed by atoms with Gasteiger partial charge in [-0.25, -0.2) is 0 Å². The van der Waals surface area contributed by atoms with Crippen LogP contribution in [0, 0.1) is 0 Å². The molecule has 0 fully saturated rings. The Bertz CT molecular complexity index is 363. The van der Waals surface area contributed by atoms with E-state index in [1.54, 1.807) is 0 Å². The van der Waals surface area contributed by atoms with Crippen LogP contribution in [0.1, 0.15) is 12.0 Å². The number of fused-ring (bicyclic) bond motifs is 1. The molecule has 0 unspecified atom stereocenters. The Balaban J connectivity index is 2.30. The molecule has 0 saturated carbocycles. The van der Waals surface area contributed by atoms with Crippen molar-refractivity contribution in [3.8, 4) is 11.5 Å². The average Bonchev–Trinajstić information content (AvgIpc) is 2.66. The molecule has 4 heteroatoms. The molecule has 0 N–H and O–H groups in total. The number of halogens is 1. The fraction of sp³-hybridized carbons (Fsp3) is 0.300. The van der Waals surface area contributed by atoms with Crippen LogP contribution in [-0.2, 0) is 11.2 Å². The molecule has 0 radical (unpaired) electrons. The van der Waals surface area contributed by atoms with Gasteiger partial charge in [0.1, 0.15) is 6.29 Å². The van der Waals surface area contributed by atoms with E-state index in [2.05, 4.69) is 0 Å². The summed E-state index contributed by atoms with van der Waals surface area (Å²) in [5, 5.41) is 0.557. The molecule has 0 bridgehead atoms. The largest absolute Gasteiger partial charge is 0.454 e.